The van der Waals surface area contributed by atoms with Crippen LogP contribution in [0, 0.1) is 0 Å². The van der Waals surface area contributed by atoms with Crippen LogP contribution in [0.4, 0.5) is 0 Å². The van der Waals surface area contributed by atoms with Crippen LogP contribution >= 0.6 is 24.0 Å². The topological polar surface area (TPSA) is 64.7 Å². The number of likely N-dealkylation sites (tertiary alicyclic amines) is 1. The Labute approximate surface area is 204 Å². The molecule has 1 aliphatic heterocycles. The maximum Gasteiger partial charge on any atom is 0.191 e. The number of hydrogen-bond donors (Lipinski definition) is 3. The lowest BCUT2D eigenvalue weighted by molar-refractivity contribution is 0.0532. The molecule has 1 saturated heterocycles. The molecule has 0 atom stereocenters. The van der Waals surface area contributed by atoms with Crippen molar-refractivity contribution in [2.24, 2.45) is 4.99 Å². The maximum atomic E-state index is 5.68. The van der Waals surface area contributed by atoms with Gasteiger partial charge in [0.25, 0.3) is 0 Å². The molecule has 1 fully saturated rings. The molecule has 0 spiro atoms. The largest absolute Gasteiger partial charge is 0.377 e. The van der Waals surface area contributed by atoms with Crippen LogP contribution in [0.5, 0.6) is 0 Å². The number of aliphatic imine (C=N–C) groups is 1. The van der Waals surface area contributed by atoms with Gasteiger partial charge in [-0.25, -0.2) is 0 Å². The molecule has 0 aliphatic carbocycles. The van der Waals surface area contributed by atoms with Crippen LogP contribution in [0.3, 0.4) is 0 Å². The number of halogens is 1. The quantitative estimate of drug-likeness (QED) is 0.183. The molecule has 2 aromatic rings. The number of fused-ring (bicyclic) bond motifs is 1. The molecule has 0 saturated carbocycles. The fraction of sp³-hybridized carbons (Fsp3) is 0.625. The average Bonchev–Trinajstić information content (AvgIpc) is 3.15. The molecule has 174 valence electrons. The van der Waals surface area contributed by atoms with E-state index in [9.17, 15) is 0 Å². The van der Waals surface area contributed by atoms with Gasteiger partial charge in [-0.2, -0.15) is 0 Å². The number of nitrogens with zero attached hydrogens (tertiary/aromatic N) is 2. The van der Waals surface area contributed by atoms with Crippen molar-refractivity contribution >= 4 is 40.8 Å². The molecular weight excluding hydrogens is 501 g/mol. The van der Waals surface area contributed by atoms with Gasteiger partial charge in [-0.3, -0.25) is 4.99 Å². The first-order valence-corrected chi connectivity index (χ1v) is 11.6. The van der Waals surface area contributed by atoms with Gasteiger partial charge in [-0.05, 0) is 58.1 Å². The van der Waals surface area contributed by atoms with Crippen molar-refractivity contribution in [1.82, 2.24) is 20.5 Å². The summed E-state index contributed by atoms with van der Waals surface area (Å²) in [6.07, 6.45) is 6.86. The van der Waals surface area contributed by atoms with Crippen molar-refractivity contribution in [3.63, 3.8) is 0 Å². The molecule has 31 heavy (non-hydrogen) atoms. The summed E-state index contributed by atoms with van der Waals surface area (Å²) in [5.74, 6) is 0.956. The number of para-hydroxylation sites is 1. The highest BCUT2D eigenvalue weighted by Gasteiger charge is 2.19. The Morgan fingerprint density at radius 1 is 1.26 bits per heavy atom. The number of hydrogen-bond acceptors (Lipinski definition) is 3. The van der Waals surface area contributed by atoms with Gasteiger partial charge < -0.3 is 25.3 Å². The first-order valence-electron chi connectivity index (χ1n) is 11.6. The minimum absolute atomic E-state index is 0. The fourth-order valence-corrected chi connectivity index (χ4v) is 4.03. The van der Waals surface area contributed by atoms with Gasteiger partial charge in [0, 0.05) is 55.9 Å². The lowest BCUT2D eigenvalue weighted by Gasteiger charge is -2.33. The molecule has 3 rings (SSSR count). The number of ether oxygens (including phenoxy) is 1. The van der Waals surface area contributed by atoms with Crippen molar-refractivity contribution < 1.29 is 4.74 Å². The number of piperidine rings is 1. The van der Waals surface area contributed by atoms with Gasteiger partial charge in [0.2, 0.25) is 0 Å². The smallest absolute Gasteiger partial charge is 0.191 e. The molecule has 2 heterocycles. The molecule has 1 aromatic heterocycles. The Morgan fingerprint density at radius 3 is 2.77 bits per heavy atom. The molecule has 0 radical (unpaired) electrons. The minimum Gasteiger partial charge on any atom is -0.377 e. The molecule has 6 nitrogen and oxygen atoms in total. The van der Waals surface area contributed by atoms with Crippen molar-refractivity contribution in [1.29, 1.82) is 0 Å². The van der Waals surface area contributed by atoms with Gasteiger partial charge >= 0.3 is 0 Å². The Hall–Kier alpha value is -1.32. The van der Waals surface area contributed by atoms with E-state index in [4.69, 9.17) is 9.73 Å². The summed E-state index contributed by atoms with van der Waals surface area (Å²) in [6, 6.07) is 9.00. The van der Waals surface area contributed by atoms with Crippen molar-refractivity contribution in [3.05, 3.63) is 36.0 Å². The van der Waals surface area contributed by atoms with Crippen LogP contribution in [0.15, 0.2) is 35.5 Å². The predicted octanol–water partition coefficient (Wildman–Crippen LogP) is 4.16. The summed E-state index contributed by atoms with van der Waals surface area (Å²) in [5.41, 5.74) is 2.60. The van der Waals surface area contributed by atoms with E-state index in [-0.39, 0.29) is 24.0 Å². The second kappa shape index (κ2) is 14.0. The summed E-state index contributed by atoms with van der Waals surface area (Å²) < 4.78 is 5.68. The summed E-state index contributed by atoms with van der Waals surface area (Å²) in [6.45, 7) is 12.2. The van der Waals surface area contributed by atoms with Crippen LogP contribution in [-0.2, 0) is 11.2 Å². The van der Waals surface area contributed by atoms with Gasteiger partial charge in [0.05, 0.1) is 12.7 Å². The lowest BCUT2D eigenvalue weighted by atomic mass is 10.1. The van der Waals surface area contributed by atoms with E-state index in [0.717, 1.165) is 71.0 Å². The predicted molar refractivity (Wildman–Crippen MR) is 142 cm³/mol. The van der Waals surface area contributed by atoms with Crippen molar-refractivity contribution in [2.75, 3.05) is 39.3 Å². The summed E-state index contributed by atoms with van der Waals surface area (Å²) in [5, 5.41) is 8.39. The number of aromatic nitrogens is 1. The van der Waals surface area contributed by atoms with Gasteiger partial charge in [0.1, 0.15) is 0 Å². The van der Waals surface area contributed by atoms with E-state index in [1.807, 2.05) is 0 Å². The molecule has 3 N–H and O–H groups in total. The highest BCUT2D eigenvalue weighted by molar-refractivity contribution is 14.0. The first kappa shape index (κ1) is 25.9. The van der Waals surface area contributed by atoms with E-state index in [1.54, 1.807) is 0 Å². The highest BCUT2D eigenvalue weighted by atomic mass is 127. The van der Waals surface area contributed by atoms with E-state index in [2.05, 4.69) is 71.8 Å². The number of guanidine groups is 1. The van der Waals surface area contributed by atoms with E-state index in [1.165, 1.54) is 16.5 Å². The monoisotopic (exact) mass is 541 g/mol. The van der Waals surface area contributed by atoms with Crippen LogP contribution in [0.2, 0.25) is 0 Å². The molecule has 1 aliphatic rings. The average molecular weight is 542 g/mol. The second-order valence-electron chi connectivity index (χ2n) is 8.40. The second-order valence-corrected chi connectivity index (χ2v) is 8.40. The molecule has 7 heteroatoms. The Morgan fingerprint density at radius 2 is 2.03 bits per heavy atom. The molecule has 0 amide bonds. The maximum absolute atomic E-state index is 5.68. The summed E-state index contributed by atoms with van der Waals surface area (Å²) >= 11 is 0. The van der Waals surface area contributed by atoms with Crippen molar-refractivity contribution in [2.45, 2.75) is 58.6 Å². The first-order chi connectivity index (χ1) is 14.7. The lowest BCUT2D eigenvalue weighted by Crippen LogP contribution is -2.49. The summed E-state index contributed by atoms with van der Waals surface area (Å²) in [4.78, 5) is 10.7. The molecule has 1 aromatic carbocycles. The Kier molecular flexibility index (Phi) is 11.7. The van der Waals surface area contributed by atoms with Crippen LogP contribution in [0.25, 0.3) is 10.9 Å². The third kappa shape index (κ3) is 8.61. The third-order valence-electron chi connectivity index (χ3n) is 5.68. The molecule has 0 bridgehead atoms. The number of nitrogens with one attached hydrogen (secondary N) is 3. The molecular formula is C24H40IN5O. The number of aryl methyl sites for hydroxylation is 1. The summed E-state index contributed by atoms with van der Waals surface area (Å²) in [7, 11) is 0. The van der Waals surface area contributed by atoms with E-state index >= 15 is 0 Å². The highest BCUT2D eigenvalue weighted by Crippen LogP contribution is 2.18. The zero-order chi connectivity index (χ0) is 21.2. The van der Waals surface area contributed by atoms with Crippen LogP contribution < -0.4 is 10.6 Å². The SMILES string of the molecule is CCNC(=NCCCc1c[nH]c2ccccc12)NC1CCN(CCOC(C)C)CC1.I. The fourth-order valence-electron chi connectivity index (χ4n) is 4.03. The standard InChI is InChI=1S/C24H39N5O.HI/c1-4-25-24(28-21-11-14-29(15-12-21)16-17-30-19(2)3)26-13-7-8-20-18-27-23-10-6-5-9-22(20)23;/h5-6,9-10,18-19,21,27H,4,7-8,11-17H2,1-3H3,(H2,25,26,28);1H. The minimum atomic E-state index is 0. The zero-order valence-electron chi connectivity index (χ0n) is 19.3. The number of benzene rings is 1. The van der Waals surface area contributed by atoms with Gasteiger partial charge in [0.15, 0.2) is 5.96 Å². The number of aromatic amines is 1. The normalized spacial score (nSPS) is 15.9. The van der Waals surface area contributed by atoms with E-state index < -0.39 is 0 Å². The van der Waals surface area contributed by atoms with Gasteiger partial charge in [-0.15, -0.1) is 24.0 Å². The Balaban J connectivity index is 0.00000341. The molecule has 0 unspecified atom stereocenters. The Bertz CT molecular complexity index is 783. The van der Waals surface area contributed by atoms with Crippen LogP contribution in [-0.4, -0.2) is 67.3 Å². The third-order valence-corrected chi connectivity index (χ3v) is 5.68. The van der Waals surface area contributed by atoms with Crippen LogP contribution in [0.1, 0.15) is 45.6 Å². The van der Waals surface area contributed by atoms with Gasteiger partial charge in [-0.1, -0.05) is 18.2 Å². The van der Waals surface area contributed by atoms with Crippen molar-refractivity contribution in [3.8, 4) is 0 Å². The number of H-pyrrole nitrogens is 1. The number of rotatable bonds is 10. The van der Waals surface area contributed by atoms with E-state index in [0.29, 0.717) is 12.1 Å². The zero-order valence-corrected chi connectivity index (χ0v) is 21.7.